The lowest BCUT2D eigenvalue weighted by atomic mass is 10.0. The highest BCUT2D eigenvalue weighted by Gasteiger charge is 2.43. The maximum Gasteiger partial charge on any atom is 0.381 e. The second-order valence-corrected chi connectivity index (χ2v) is 3.97. The molecule has 14 heavy (non-hydrogen) atoms. The molecule has 1 saturated heterocycles. The molecule has 1 N–H and O–H groups in total. The number of halogens is 1. The van der Waals surface area contributed by atoms with Crippen LogP contribution in [-0.4, -0.2) is 29.5 Å². The summed E-state index contributed by atoms with van der Waals surface area (Å²) in [6.45, 7) is 2.82. The Morgan fingerprint density at radius 3 is 2.57 bits per heavy atom. The summed E-state index contributed by atoms with van der Waals surface area (Å²) in [4.78, 5) is 10.6. The molecule has 1 rings (SSSR count). The maximum absolute atomic E-state index is 10.6. The molecule has 0 aromatic heterocycles. The minimum Gasteiger partial charge on any atom is -0.476 e. The molecule has 0 spiro atoms. The molecule has 0 bridgehead atoms. The van der Waals surface area contributed by atoms with E-state index in [-0.39, 0.29) is 5.92 Å². The van der Waals surface area contributed by atoms with Crippen LogP contribution in [0, 0.1) is 5.92 Å². The van der Waals surface area contributed by atoms with Crippen molar-refractivity contribution in [3.63, 3.8) is 0 Å². The number of carbonyl (C=O) groups is 1. The number of carboxylic acid groups (broad SMARTS) is 1. The predicted molar refractivity (Wildman–Crippen MR) is 51.1 cm³/mol. The van der Waals surface area contributed by atoms with Crippen molar-refractivity contribution in [2.45, 2.75) is 31.4 Å². The molecule has 0 amide bonds. The molecule has 1 heterocycles. The summed E-state index contributed by atoms with van der Waals surface area (Å²) in [6, 6.07) is 0. The van der Waals surface area contributed by atoms with Gasteiger partial charge in [0.05, 0.1) is 13.2 Å². The largest absolute Gasteiger partial charge is 0.476 e. The monoisotopic (exact) mass is 222 g/mol. The van der Waals surface area contributed by atoms with Crippen molar-refractivity contribution in [1.29, 1.82) is 0 Å². The minimum atomic E-state index is -1.96. The van der Waals surface area contributed by atoms with Gasteiger partial charge in [0.1, 0.15) is 0 Å². The number of alkyl halides is 1. The van der Waals surface area contributed by atoms with Gasteiger partial charge in [-0.25, -0.2) is 4.79 Å². The minimum absolute atomic E-state index is 0.265. The summed E-state index contributed by atoms with van der Waals surface area (Å²) >= 11 is 5.57. The summed E-state index contributed by atoms with van der Waals surface area (Å²) in [5.41, 5.74) is 0. The zero-order valence-corrected chi connectivity index (χ0v) is 8.92. The van der Waals surface area contributed by atoms with Gasteiger partial charge in [0.25, 0.3) is 0 Å². The molecule has 4 nitrogen and oxygen atoms in total. The lowest BCUT2D eigenvalue weighted by Gasteiger charge is -2.32. The maximum atomic E-state index is 10.6. The number of ether oxygens (including phenoxy) is 2. The molecule has 5 heteroatoms. The quantitative estimate of drug-likeness (QED) is 0.738. The van der Waals surface area contributed by atoms with Crippen molar-refractivity contribution in [2.24, 2.45) is 5.92 Å². The second-order valence-electron chi connectivity index (χ2n) is 3.47. The number of unbranched alkanes of at least 4 members (excludes halogenated alkanes) is 1. The van der Waals surface area contributed by atoms with Gasteiger partial charge in [-0.15, -0.1) is 0 Å². The SMILES string of the molecule is CCCCC1COC(Cl)(C(=O)O)OC1. The molecule has 0 aromatic carbocycles. The molecule has 82 valence electrons. The first-order valence-electron chi connectivity index (χ1n) is 4.78. The Hall–Kier alpha value is -0.320. The Balaban J connectivity index is 2.34. The molecule has 0 aliphatic carbocycles. The molecular weight excluding hydrogens is 208 g/mol. The normalized spacial score (nSPS) is 32.9. The Labute approximate surface area is 88.1 Å². The average Bonchev–Trinajstić information content (AvgIpc) is 2.17. The first-order valence-corrected chi connectivity index (χ1v) is 5.16. The highest BCUT2D eigenvalue weighted by molar-refractivity contribution is 6.31. The fourth-order valence-electron chi connectivity index (χ4n) is 1.32. The molecule has 0 saturated carbocycles. The molecule has 0 atom stereocenters. The smallest absolute Gasteiger partial charge is 0.381 e. The van der Waals surface area contributed by atoms with Crippen LogP contribution in [0.15, 0.2) is 0 Å². The molecule has 0 radical (unpaired) electrons. The van der Waals surface area contributed by atoms with Crippen molar-refractivity contribution >= 4 is 17.6 Å². The highest BCUT2D eigenvalue weighted by atomic mass is 35.5. The van der Waals surface area contributed by atoms with E-state index >= 15 is 0 Å². The first kappa shape index (κ1) is 11.8. The molecule has 1 fully saturated rings. The summed E-state index contributed by atoms with van der Waals surface area (Å²) in [7, 11) is 0. The number of rotatable bonds is 4. The van der Waals surface area contributed by atoms with Crippen molar-refractivity contribution < 1.29 is 19.4 Å². The lowest BCUT2D eigenvalue weighted by Crippen LogP contribution is -2.45. The van der Waals surface area contributed by atoms with Crippen molar-refractivity contribution in [1.82, 2.24) is 0 Å². The van der Waals surface area contributed by atoms with Crippen molar-refractivity contribution in [3.8, 4) is 0 Å². The Bertz CT molecular complexity index is 199. The lowest BCUT2D eigenvalue weighted by molar-refractivity contribution is -0.239. The van der Waals surface area contributed by atoms with E-state index in [1.165, 1.54) is 0 Å². The van der Waals surface area contributed by atoms with Crippen LogP contribution >= 0.6 is 11.6 Å². The van der Waals surface area contributed by atoms with Gasteiger partial charge in [-0.1, -0.05) is 19.8 Å². The number of aliphatic carboxylic acids is 1. The summed E-state index contributed by atoms with van der Waals surface area (Å²) < 4.78 is 9.96. The zero-order chi connectivity index (χ0) is 10.6. The van der Waals surface area contributed by atoms with Gasteiger partial charge >= 0.3 is 11.2 Å². The van der Waals surface area contributed by atoms with E-state index in [1.807, 2.05) is 0 Å². The van der Waals surface area contributed by atoms with E-state index in [2.05, 4.69) is 6.92 Å². The molecule has 1 aliphatic heterocycles. The topological polar surface area (TPSA) is 55.8 Å². The fourth-order valence-corrected chi connectivity index (χ4v) is 1.45. The zero-order valence-electron chi connectivity index (χ0n) is 8.16. The third-order valence-electron chi connectivity index (χ3n) is 2.23. The number of hydrogen-bond acceptors (Lipinski definition) is 3. The highest BCUT2D eigenvalue weighted by Crippen LogP contribution is 2.28. The molecular formula is C9H15ClO4. The van der Waals surface area contributed by atoms with Crippen LogP contribution in [0.1, 0.15) is 26.2 Å². The Morgan fingerprint density at radius 2 is 2.14 bits per heavy atom. The van der Waals surface area contributed by atoms with Crippen LogP contribution in [0.25, 0.3) is 0 Å². The van der Waals surface area contributed by atoms with Gasteiger partial charge in [0.2, 0.25) is 0 Å². The van der Waals surface area contributed by atoms with Gasteiger partial charge in [-0.2, -0.15) is 0 Å². The van der Waals surface area contributed by atoms with Gasteiger partial charge in [0, 0.05) is 5.92 Å². The third kappa shape index (κ3) is 2.83. The van der Waals surface area contributed by atoms with Crippen LogP contribution in [0.5, 0.6) is 0 Å². The van der Waals surface area contributed by atoms with Crippen LogP contribution in [0.2, 0.25) is 0 Å². The Kier molecular flexibility index (Phi) is 4.16. The van der Waals surface area contributed by atoms with E-state index in [9.17, 15) is 4.79 Å². The van der Waals surface area contributed by atoms with Gasteiger partial charge in [-0.05, 0) is 18.0 Å². The standard InChI is InChI=1S/C9H15ClO4/c1-2-3-4-7-5-13-9(10,8(11)12)14-6-7/h7H,2-6H2,1H3,(H,11,12). The van der Waals surface area contributed by atoms with Crippen molar-refractivity contribution in [2.75, 3.05) is 13.2 Å². The predicted octanol–water partition coefficient (Wildman–Crippen LogP) is 1.82. The third-order valence-corrected chi connectivity index (χ3v) is 2.61. The molecule has 0 unspecified atom stereocenters. The number of carboxylic acids is 1. The van der Waals surface area contributed by atoms with E-state index in [0.717, 1.165) is 19.3 Å². The molecule has 1 aliphatic rings. The van der Waals surface area contributed by atoms with Gasteiger partial charge in [0.15, 0.2) is 0 Å². The summed E-state index contributed by atoms with van der Waals surface area (Å²) in [5, 5.41) is 6.72. The van der Waals surface area contributed by atoms with Crippen LogP contribution in [0.4, 0.5) is 0 Å². The van der Waals surface area contributed by atoms with Crippen LogP contribution < -0.4 is 0 Å². The van der Waals surface area contributed by atoms with E-state index in [1.54, 1.807) is 0 Å². The van der Waals surface area contributed by atoms with E-state index in [0.29, 0.717) is 13.2 Å². The Morgan fingerprint density at radius 1 is 1.57 bits per heavy atom. The number of hydrogen-bond donors (Lipinski definition) is 1. The summed E-state index contributed by atoms with van der Waals surface area (Å²) in [5.74, 6) is -1.02. The molecule has 0 aromatic rings. The average molecular weight is 223 g/mol. The van der Waals surface area contributed by atoms with Crippen LogP contribution in [-0.2, 0) is 14.3 Å². The second kappa shape index (κ2) is 4.96. The fraction of sp³-hybridized carbons (Fsp3) is 0.889. The van der Waals surface area contributed by atoms with Crippen molar-refractivity contribution in [3.05, 3.63) is 0 Å². The van der Waals surface area contributed by atoms with Crippen LogP contribution in [0.3, 0.4) is 0 Å². The van der Waals surface area contributed by atoms with E-state index in [4.69, 9.17) is 26.2 Å². The van der Waals surface area contributed by atoms with E-state index < -0.39 is 11.2 Å². The van der Waals surface area contributed by atoms with Gasteiger partial charge < -0.3 is 14.6 Å². The van der Waals surface area contributed by atoms with Gasteiger partial charge in [-0.3, -0.25) is 0 Å². The first-order chi connectivity index (χ1) is 6.58. The summed E-state index contributed by atoms with van der Waals surface area (Å²) in [6.07, 6.45) is 3.20.